The Morgan fingerprint density at radius 3 is 3.00 bits per heavy atom. The molecule has 12 heavy (non-hydrogen) atoms. The second-order valence-electron chi connectivity index (χ2n) is 2.34. The van der Waals surface area contributed by atoms with Crippen LogP contribution in [0.15, 0.2) is 23.2 Å². The van der Waals surface area contributed by atoms with Crippen LogP contribution in [-0.4, -0.2) is 12.2 Å². The molecule has 0 saturated carbocycles. The predicted molar refractivity (Wildman–Crippen MR) is 46.1 cm³/mol. The third-order valence-corrected chi connectivity index (χ3v) is 1.80. The summed E-state index contributed by atoms with van der Waals surface area (Å²) in [5.74, 6) is -0.289. The third-order valence-electron chi connectivity index (χ3n) is 1.56. The molecule has 1 radical (unpaired) electrons. The second-order valence-corrected chi connectivity index (χ2v) is 2.78. The van der Waals surface area contributed by atoms with E-state index in [1.165, 1.54) is 6.34 Å². The fourth-order valence-corrected chi connectivity index (χ4v) is 1.18. The van der Waals surface area contributed by atoms with E-state index in [-0.39, 0.29) is 5.91 Å². The molecule has 0 fully saturated rings. The summed E-state index contributed by atoms with van der Waals surface area (Å²) in [4.78, 5) is 14.6. The van der Waals surface area contributed by atoms with Crippen LogP contribution in [0.5, 0.6) is 0 Å². The third kappa shape index (κ3) is 1.08. The lowest BCUT2D eigenvalue weighted by atomic mass is 10.1. The summed E-state index contributed by atoms with van der Waals surface area (Å²) in [6, 6.07) is 4.95. The Bertz CT molecular complexity index is 373. The number of hydrogen-bond donors (Lipinski definition) is 0. The number of carbonyl (C=O) groups excluding carboxylic acids is 1. The average Bonchev–Trinajstić information content (AvgIpc) is 2.07. The molecule has 0 atom stereocenters. The number of rotatable bonds is 0. The van der Waals surface area contributed by atoms with E-state index in [9.17, 15) is 4.79 Å². The van der Waals surface area contributed by atoms with Gasteiger partial charge >= 0.3 is 0 Å². The van der Waals surface area contributed by atoms with Crippen LogP contribution in [0.2, 0.25) is 5.02 Å². The molecule has 0 saturated heterocycles. The molecule has 0 unspecified atom stereocenters. The Morgan fingerprint density at radius 1 is 1.33 bits per heavy atom. The molecule has 1 aromatic carbocycles. The first-order valence-corrected chi connectivity index (χ1v) is 3.72. The fraction of sp³-hybridized carbons (Fsp3) is 0. The molecular formula is C8H4ClN2O. The van der Waals surface area contributed by atoms with Gasteiger partial charge in [0.25, 0.3) is 5.91 Å². The molecule has 0 aliphatic carbocycles. The molecule has 2 rings (SSSR count). The highest BCUT2D eigenvalue weighted by atomic mass is 35.5. The van der Waals surface area contributed by atoms with Crippen molar-refractivity contribution in [2.24, 2.45) is 4.99 Å². The Labute approximate surface area is 74.1 Å². The number of benzene rings is 1. The van der Waals surface area contributed by atoms with Gasteiger partial charge in [0.15, 0.2) is 0 Å². The summed E-state index contributed by atoms with van der Waals surface area (Å²) >= 11 is 5.70. The fourth-order valence-electron chi connectivity index (χ4n) is 1.01. The second kappa shape index (κ2) is 2.60. The van der Waals surface area contributed by atoms with Crippen molar-refractivity contribution in [3.63, 3.8) is 0 Å². The van der Waals surface area contributed by atoms with E-state index >= 15 is 0 Å². The van der Waals surface area contributed by atoms with Gasteiger partial charge in [-0.05, 0) is 18.2 Å². The number of fused-ring (bicyclic) bond motifs is 1. The lowest BCUT2D eigenvalue weighted by Crippen LogP contribution is -2.09. The van der Waals surface area contributed by atoms with E-state index in [1.54, 1.807) is 18.2 Å². The van der Waals surface area contributed by atoms with E-state index in [0.29, 0.717) is 16.3 Å². The first kappa shape index (κ1) is 7.31. The molecular weight excluding hydrogens is 176 g/mol. The molecule has 1 aliphatic rings. The first-order chi connectivity index (χ1) is 5.77. The molecule has 0 aromatic heterocycles. The molecule has 59 valence electrons. The van der Waals surface area contributed by atoms with Crippen LogP contribution in [0, 0.1) is 0 Å². The van der Waals surface area contributed by atoms with Crippen LogP contribution < -0.4 is 5.32 Å². The van der Waals surface area contributed by atoms with Crippen molar-refractivity contribution in [1.82, 2.24) is 5.32 Å². The van der Waals surface area contributed by atoms with Crippen molar-refractivity contribution in [2.75, 3.05) is 0 Å². The van der Waals surface area contributed by atoms with Gasteiger partial charge in [0, 0.05) is 5.02 Å². The molecule has 1 aromatic rings. The first-order valence-electron chi connectivity index (χ1n) is 3.34. The number of carbonyl (C=O) groups is 1. The summed E-state index contributed by atoms with van der Waals surface area (Å²) in [6.45, 7) is 0. The number of nitrogens with zero attached hydrogens (tertiary/aromatic N) is 2. The van der Waals surface area contributed by atoms with Gasteiger partial charge < -0.3 is 0 Å². The van der Waals surface area contributed by atoms with Crippen molar-refractivity contribution in [3.8, 4) is 0 Å². The molecule has 1 amide bonds. The molecule has 0 bridgehead atoms. The van der Waals surface area contributed by atoms with Gasteiger partial charge in [-0.25, -0.2) is 5.32 Å². The van der Waals surface area contributed by atoms with Crippen LogP contribution in [0.4, 0.5) is 5.69 Å². The van der Waals surface area contributed by atoms with Gasteiger partial charge in [0.05, 0.1) is 11.3 Å². The topological polar surface area (TPSA) is 43.5 Å². The van der Waals surface area contributed by atoms with Crippen molar-refractivity contribution in [3.05, 3.63) is 28.8 Å². The van der Waals surface area contributed by atoms with Gasteiger partial charge in [-0.15, -0.1) is 0 Å². The lowest BCUT2D eigenvalue weighted by molar-refractivity contribution is 0.100. The molecule has 4 heteroatoms. The van der Waals surface area contributed by atoms with Gasteiger partial charge in [-0.3, -0.25) is 4.79 Å². The minimum absolute atomic E-state index is 0.289. The summed E-state index contributed by atoms with van der Waals surface area (Å²) in [7, 11) is 0. The van der Waals surface area contributed by atoms with E-state index in [2.05, 4.69) is 10.3 Å². The molecule has 1 aliphatic heterocycles. The lowest BCUT2D eigenvalue weighted by Gasteiger charge is -2.07. The molecule has 3 nitrogen and oxygen atoms in total. The van der Waals surface area contributed by atoms with Gasteiger partial charge in [-0.2, -0.15) is 4.99 Å². The zero-order valence-electron chi connectivity index (χ0n) is 5.99. The maximum Gasteiger partial charge on any atom is 0.280 e. The molecule has 1 heterocycles. The van der Waals surface area contributed by atoms with Crippen LogP contribution in [-0.2, 0) is 0 Å². The van der Waals surface area contributed by atoms with Gasteiger partial charge in [0.2, 0.25) is 0 Å². The maximum atomic E-state index is 11.1. The number of hydrogen-bond acceptors (Lipinski definition) is 1. The highest BCUT2D eigenvalue weighted by Crippen LogP contribution is 2.22. The monoisotopic (exact) mass is 179 g/mol. The van der Waals surface area contributed by atoms with Crippen molar-refractivity contribution >= 4 is 29.5 Å². The van der Waals surface area contributed by atoms with Crippen LogP contribution >= 0.6 is 11.6 Å². The number of halogens is 1. The number of aliphatic imine (C=N–C) groups is 1. The highest BCUT2D eigenvalue weighted by Gasteiger charge is 2.14. The van der Waals surface area contributed by atoms with Crippen LogP contribution in [0.1, 0.15) is 10.4 Å². The quantitative estimate of drug-likeness (QED) is 0.599. The number of amides is 1. The Morgan fingerprint density at radius 2 is 2.17 bits per heavy atom. The van der Waals surface area contributed by atoms with Gasteiger partial charge in [-0.1, -0.05) is 11.6 Å². The summed E-state index contributed by atoms with van der Waals surface area (Å²) in [5.41, 5.74) is 1.09. The van der Waals surface area contributed by atoms with Crippen molar-refractivity contribution < 1.29 is 4.79 Å². The normalized spacial score (nSPS) is 13.9. The summed E-state index contributed by atoms with van der Waals surface area (Å²) in [6.07, 6.45) is 1.25. The molecule has 0 N–H and O–H groups in total. The van der Waals surface area contributed by atoms with E-state index < -0.39 is 0 Å². The predicted octanol–water partition coefficient (Wildman–Crippen LogP) is 1.76. The maximum absolute atomic E-state index is 11.1. The minimum atomic E-state index is -0.289. The average molecular weight is 180 g/mol. The smallest absolute Gasteiger partial charge is 0.267 e. The van der Waals surface area contributed by atoms with E-state index in [0.717, 1.165) is 0 Å². The van der Waals surface area contributed by atoms with Crippen LogP contribution in [0.3, 0.4) is 0 Å². The summed E-state index contributed by atoms with van der Waals surface area (Å²) in [5, 5.41) is 4.44. The zero-order chi connectivity index (χ0) is 8.55. The Hall–Kier alpha value is -1.35. The zero-order valence-corrected chi connectivity index (χ0v) is 6.75. The largest absolute Gasteiger partial charge is 0.280 e. The molecule has 0 spiro atoms. The SMILES string of the molecule is O=C1N=C[N]c2ccc(Cl)cc21. The van der Waals surface area contributed by atoms with Crippen molar-refractivity contribution in [2.45, 2.75) is 0 Å². The Balaban J connectivity index is 2.59. The van der Waals surface area contributed by atoms with Crippen LogP contribution in [0.25, 0.3) is 0 Å². The Kier molecular flexibility index (Phi) is 1.59. The minimum Gasteiger partial charge on any atom is -0.267 e. The summed E-state index contributed by atoms with van der Waals surface area (Å²) < 4.78 is 0. The van der Waals surface area contributed by atoms with E-state index in [1.807, 2.05) is 0 Å². The van der Waals surface area contributed by atoms with E-state index in [4.69, 9.17) is 11.6 Å². The van der Waals surface area contributed by atoms with Crippen molar-refractivity contribution in [1.29, 1.82) is 0 Å². The van der Waals surface area contributed by atoms with Gasteiger partial charge in [0.1, 0.15) is 6.34 Å². The highest BCUT2D eigenvalue weighted by molar-refractivity contribution is 6.31. The standard InChI is InChI=1S/C8H4ClN2O/c9-5-1-2-7-6(3-5)8(12)11-4-10-7/h1-4H.